The average Bonchev–Trinajstić information content (AvgIpc) is 2.61. The van der Waals surface area contributed by atoms with E-state index in [-0.39, 0.29) is 17.7 Å². The van der Waals surface area contributed by atoms with Crippen LogP contribution in [-0.4, -0.2) is 24.2 Å². The first kappa shape index (κ1) is 19.1. The largest absolute Gasteiger partial charge is 0.504 e. The van der Waals surface area contributed by atoms with Crippen molar-refractivity contribution >= 4 is 5.91 Å². The number of phenolic OH excluding ortho intramolecular Hbond substituents is 1. The molecule has 0 saturated heterocycles. The van der Waals surface area contributed by atoms with Crippen LogP contribution in [0.4, 0.5) is 0 Å². The third-order valence-corrected chi connectivity index (χ3v) is 4.65. The van der Waals surface area contributed by atoms with E-state index in [1.165, 1.54) is 19.1 Å². The first-order chi connectivity index (χ1) is 12.1. The van der Waals surface area contributed by atoms with Gasteiger partial charge >= 0.3 is 0 Å². The molecule has 0 unspecified atom stereocenters. The summed E-state index contributed by atoms with van der Waals surface area (Å²) >= 11 is 0. The second kappa shape index (κ2) is 9.92. The maximum Gasteiger partial charge on any atom is 0.224 e. The van der Waals surface area contributed by atoms with E-state index in [0.717, 1.165) is 44.1 Å². The Morgan fingerprint density at radius 3 is 2.80 bits per heavy atom. The summed E-state index contributed by atoms with van der Waals surface area (Å²) in [6, 6.07) is 5.28. The molecule has 1 fully saturated rings. The molecule has 4 heteroatoms. The molecular formula is C21H29NO3. The molecule has 1 aliphatic rings. The number of amides is 1. The normalized spacial score (nSPS) is 17.0. The second-order valence-corrected chi connectivity index (χ2v) is 6.61. The fourth-order valence-electron chi connectivity index (χ4n) is 3.20. The molecule has 1 aromatic rings. The van der Waals surface area contributed by atoms with E-state index in [4.69, 9.17) is 4.74 Å². The van der Waals surface area contributed by atoms with Crippen molar-refractivity contribution in [1.29, 1.82) is 0 Å². The number of hydrogen-bond acceptors (Lipinski definition) is 3. The molecule has 0 aliphatic heterocycles. The summed E-state index contributed by atoms with van der Waals surface area (Å²) in [5.41, 5.74) is 2.36. The van der Waals surface area contributed by atoms with Gasteiger partial charge in [-0.1, -0.05) is 23.8 Å². The monoisotopic (exact) mass is 343 g/mol. The molecule has 2 N–H and O–H groups in total. The van der Waals surface area contributed by atoms with Crippen molar-refractivity contribution in [1.82, 2.24) is 5.32 Å². The number of carbonyl (C=O) groups excluding carboxylic acids is 1. The molecule has 2 rings (SSSR count). The lowest BCUT2D eigenvalue weighted by Crippen LogP contribution is -2.37. The smallest absolute Gasteiger partial charge is 0.224 e. The number of hydrogen-bond donors (Lipinski definition) is 2. The van der Waals surface area contributed by atoms with Crippen molar-refractivity contribution in [2.75, 3.05) is 7.11 Å². The molecule has 0 heterocycles. The van der Waals surface area contributed by atoms with Crippen molar-refractivity contribution < 1.29 is 14.6 Å². The van der Waals surface area contributed by atoms with Crippen LogP contribution in [0.5, 0.6) is 11.5 Å². The van der Waals surface area contributed by atoms with Crippen molar-refractivity contribution in [3.63, 3.8) is 0 Å². The lowest BCUT2D eigenvalue weighted by atomic mass is 9.90. The minimum Gasteiger partial charge on any atom is -0.504 e. The van der Waals surface area contributed by atoms with Crippen LogP contribution in [0.25, 0.3) is 0 Å². The van der Waals surface area contributed by atoms with E-state index >= 15 is 0 Å². The van der Waals surface area contributed by atoms with Crippen LogP contribution in [-0.2, 0) is 11.2 Å². The van der Waals surface area contributed by atoms with Crippen LogP contribution in [0.15, 0.2) is 42.5 Å². The van der Waals surface area contributed by atoms with Crippen LogP contribution in [0.3, 0.4) is 0 Å². The number of rotatable bonds is 8. The van der Waals surface area contributed by atoms with Crippen molar-refractivity contribution in [2.24, 2.45) is 0 Å². The van der Waals surface area contributed by atoms with Gasteiger partial charge in [0, 0.05) is 6.04 Å². The van der Waals surface area contributed by atoms with E-state index in [2.05, 4.69) is 18.0 Å². The maximum atomic E-state index is 12.3. The zero-order valence-corrected chi connectivity index (χ0v) is 15.1. The third-order valence-electron chi connectivity index (χ3n) is 4.65. The zero-order chi connectivity index (χ0) is 18.1. The molecule has 0 aromatic heterocycles. The summed E-state index contributed by atoms with van der Waals surface area (Å²) < 4.78 is 5.08. The topological polar surface area (TPSA) is 58.6 Å². The van der Waals surface area contributed by atoms with Crippen LogP contribution in [0.1, 0.15) is 50.5 Å². The zero-order valence-electron chi connectivity index (χ0n) is 15.1. The highest BCUT2D eigenvalue weighted by molar-refractivity contribution is 5.79. The van der Waals surface area contributed by atoms with Gasteiger partial charge in [0.2, 0.25) is 5.91 Å². The molecule has 0 spiro atoms. The summed E-state index contributed by atoms with van der Waals surface area (Å²) in [7, 11) is 1.50. The quantitative estimate of drug-likeness (QED) is 0.547. The Labute approximate surface area is 150 Å². The van der Waals surface area contributed by atoms with E-state index in [1.54, 1.807) is 18.2 Å². The van der Waals surface area contributed by atoms with Gasteiger partial charge in [-0.15, -0.1) is 6.58 Å². The van der Waals surface area contributed by atoms with Crippen molar-refractivity contribution in [2.45, 2.75) is 57.4 Å². The molecule has 0 bridgehead atoms. The summed E-state index contributed by atoms with van der Waals surface area (Å²) in [5, 5.41) is 12.7. The van der Waals surface area contributed by atoms with Gasteiger partial charge in [-0.05, 0) is 62.6 Å². The van der Waals surface area contributed by atoms with Gasteiger partial charge in [0.1, 0.15) is 0 Å². The standard InChI is InChI=1S/C21H29NO3/c1-3-4-5-6-7-16-8-11-18(12-9-16)22-21(24)15-17-10-13-19(23)20(14-17)25-2/h3,7,10,13-14,18,23H,1,4-6,8-9,11-12,15H2,2H3,(H,22,24). The Bertz CT molecular complexity index is 612. The summed E-state index contributed by atoms with van der Waals surface area (Å²) in [5.74, 6) is 0.511. The Morgan fingerprint density at radius 1 is 1.36 bits per heavy atom. The minimum absolute atomic E-state index is 0.0242. The number of allylic oxidation sites excluding steroid dienone is 3. The number of benzene rings is 1. The highest BCUT2D eigenvalue weighted by Gasteiger charge is 2.18. The Balaban J connectivity index is 1.76. The molecule has 1 saturated carbocycles. The van der Waals surface area contributed by atoms with Gasteiger partial charge in [-0.3, -0.25) is 4.79 Å². The number of aromatic hydroxyl groups is 1. The number of nitrogens with one attached hydrogen (secondary N) is 1. The van der Waals surface area contributed by atoms with Crippen LogP contribution in [0.2, 0.25) is 0 Å². The SMILES string of the molecule is C=CCCCC=C1CCC(NC(=O)Cc2ccc(O)c(OC)c2)CC1. The highest BCUT2D eigenvalue weighted by atomic mass is 16.5. The first-order valence-corrected chi connectivity index (χ1v) is 9.06. The average molecular weight is 343 g/mol. The van der Waals surface area contributed by atoms with E-state index in [1.807, 2.05) is 6.08 Å². The maximum absolute atomic E-state index is 12.3. The molecule has 0 radical (unpaired) electrons. The van der Waals surface area contributed by atoms with Crippen LogP contribution < -0.4 is 10.1 Å². The lowest BCUT2D eigenvalue weighted by molar-refractivity contribution is -0.121. The molecule has 1 aliphatic carbocycles. The Kier molecular flexibility index (Phi) is 7.58. The first-order valence-electron chi connectivity index (χ1n) is 9.06. The van der Waals surface area contributed by atoms with E-state index in [9.17, 15) is 9.90 Å². The van der Waals surface area contributed by atoms with Crippen molar-refractivity contribution in [3.05, 3.63) is 48.1 Å². The van der Waals surface area contributed by atoms with Crippen LogP contribution in [0, 0.1) is 0 Å². The van der Waals surface area contributed by atoms with Gasteiger partial charge in [-0.25, -0.2) is 0 Å². The fourth-order valence-corrected chi connectivity index (χ4v) is 3.20. The van der Waals surface area contributed by atoms with E-state index in [0.29, 0.717) is 12.2 Å². The predicted octanol–water partition coefficient (Wildman–Crippen LogP) is 4.28. The lowest BCUT2D eigenvalue weighted by Gasteiger charge is -2.25. The Morgan fingerprint density at radius 2 is 2.12 bits per heavy atom. The molecule has 4 nitrogen and oxygen atoms in total. The van der Waals surface area contributed by atoms with Gasteiger partial charge in [0.05, 0.1) is 13.5 Å². The Hall–Kier alpha value is -2.23. The number of methoxy groups -OCH3 is 1. The number of ether oxygens (including phenoxy) is 1. The van der Waals surface area contributed by atoms with Gasteiger partial charge in [-0.2, -0.15) is 0 Å². The molecule has 0 atom stereocenters. The highest BCUT2D eigenvalue weighted by Crippen LogP contribution is 2.27. The number of unbranched alkanes of at least 4 members (excludes halogenated alkanes) is 2. The molecular weight excluding hydrogens is 314 g/mol. The molecule has 1 amide bonds. The van der Waals surface area contributed by atoms with Gasteiger partial charge in [0.25, 0.3) is 0 Å². The molecule has 1 aromatic carbocycles. The van der Waals surface area contributed by atoms with Crippen molar-refractivity contribution in [3.8, 4) is 11.5 Å². The van der Waals surface area contributed by atoms with E-state index < -0.39 is 0 Å². The van der Waals surface area contributed by atoms with Crippen LogP contribution >= 0.6 is 0 Å². The second-order valence-electron chi connectivity index (χ2n) is 6.61. The van der Waals surface area contributed by atoms with Gasteiger partial charge < -0.3 is 15.2 Å². The minimum atomic E-state index is 0.0242. The number of phenols is 1. The molecule has 25 heavy (non-hydrogen) atoms. The summed E-state index contributed by atoms with van der Waals surface area (Å²) in [4.78, 5) is 12.3. The third kappa shape index (κ3) is 6.29. The number of carbonyl (C=O) groups is 1. The van der Waals surface area contributed by atoms with Gasteiger partial charge in [0.15, 0.2) is 11.5 Å². The predicted molar refractivity (Wildman–Crippen MR) is 101 cm³/mol. The fraction of sp³-hybridized carbons (Fsp3) is 0.476. The summed E-state index contributed by atoms with van der Waals surface area (Å²) in [6.45, 7) is 3.75. The molecule has 136 valence electrons. The summed E-state index contributed by atoms with van der Waals surface area (Å²) in [6.07, 6.45) is 12.2.